The number of hydrogen-bond acceptors (Lipinski definition) is 4. The Balaban J connectivity index is 1.41. The average Bonchev–Trinajstić information content (AvgIpc) is 3.25. The van der Waals surface area contributed by atoms with Crippen LogP contribution in [0.15, 0.2) is 42.5 Å². The van der Waals surface area contributed by atoms with Crippen LogP contribution < -0.4 is 10.6 Å². The predicted octanol–water partition coefficient (Wildman–Crippen LogP) is 3.52. The minimum absolute atomic E-state index is 0.0484. The Morgan fingerprint density at radius 2 is 1.90 bits per heavy atom. The van der Waals surface area contributed by atoms with Crippen LogP contribution in [0.1, 0.15) is 58.8 Å². The van der Waals surface area contributed by atoms with Gasteiger partial charge in [-0.05, 0) is 80.6 Å². The van der Waals surface area contributed by atoms with Crippen LogP contribution in [0.3, 0.4) is 0 Å². The summed E-state index contributed by atoms with van der Waals surface area (Å²) < 4.78 is 0. The van der Waals surface area contributed by atoms with E-state index in [0.29, 0.717) is 11.6 Å². The minimum atomic E-state index is 0.0484. The van der Waals surface area contributed by atoms with Gasteiger partial charge in [0.05, 0.1) is 6.04 Å². The number of amides is 1. The molecule has 2 aromatic carbocycles. The van der Waals surface area contributed by atoms with Gasteiger partial charge in [-0.3, -0.25) is 4.79 Å². The highest BCUT2D eigenvalue weighted by Crippen LogP contribution is 2.33. The lowest BCUT2D eigenvalue weighted by molar-refractivity contribution is 0.0735. The molecule has 2 aliphatic heterocycles. The molecule has 2 heterocycles. The highest BCUT2D eigenvalue weighted by atomic mass is 16.3. The Hall–Kier alpha value is -2.37. The van der Waals surface area contributed by atoms with E-state index < -0.39 is 0 Å². The van der Waals surface area contributed by atoms with Crippen molar-refractivity contribution in [2.75, 3.05) is 19.6 Å². The number of aryl methyl sites for hydroxylation is 1. The molecule has 2 aromatic rings. The van der Waals surface area contributed by atoms with Gasteiger partial charge in [-0.2, -0.15) is 0 Å². The summed E-state index contributed by atoms with van der Waals surface area (Å²) in [6.07, 6.45) is 4.39. The van der Waals surface area contributed by atoms with E-state index in [1.54, 1.807) is 18.2 Å². The van der Waals surface area contributed by atoms with E-state index in [-0.39, 0.29) is 17.7 Å². The van der Waals surface area contributed by atoms with Gasteiger partial charge in [0.1, 0.15) is 5.75 Å². The number of phenolic OH excluding ortho intramolecular Hbond substituents is 1. The zero-order valence-corrected chi connectivity index (χ0v) is 17.2. The minimum Gasteiger partial charge on any atom is -0.508 e. The molecule has 0 saturated carbocycles. The van der Waals surface area contributed by atoms with Crippen molar-refractivity contribution in [3.8, 4) is 5.75 Å². The second kappa shape index (κ2) is 8.97. The van der Waals surface area contributed by atoms with Gasteiger partial charge >= 0.3 is 0 Å². The quantitative estimate of drug-likeness (QED) is 0.727. The molecule has 0 bridgehead atoms. The maximum absolute atomic E-state index is 13.1. The van der Waals surface area contributed by atoms with Gasteiger partial charge in [0.15, 0.2) is 0 Å². The maximum Gasteiger partial charge on any atom is 0.254 e. The van der Waals surface area contributed by atoms with Crippen LogP contribution in [-0.4, -0.2) is 41.6 Å². The normalized spacial score (nSPS) is 20.2. The van der Waals surface area contributed by atoms with E-state index >= 15 is 0 Å². The molecular weight excluding hydrogens is 362 g/mol. The number of nitrogens with one attached hydrogen (secondary N) is 2. The lowest BCUT2D eigenvalue weighted by Crippen LogP contribution is -2.39. The molecule has 5 heteroatoms. The topological polar surface area (TPSA) is 64.6 Å². The lowest BCUT2D eigenvalue weighted by Gasteiger charge is -2.26. The first-order chi connectivity index (χ1) is 14.1. The van der Waals surface area contributed by atoms with Gasteiger partial charge < -0.3 is 20.6 Å². The molecule has 0 aliphatic carbocycles. The Morgan fingerprint density at radius 3 is 2.62 bits per heavy atom. The molecule has 29 heavy (non-hydrogen) atoms. The molecule has 2 fully saturated rings. The third-order valence-corrected chi connectivity index (χ3v) is 6.26. The van der Waals surface area contributed by atoms with Crippen LogP contribution in [0.25, 0.3) is 0 Å². The molecule has 0 radical (unpaired) electrons. The smallest absolute Gasteiger partial charge is 0.254 e. The van der Waals surface area contributed by atoms with E-state index in [9.17, 15) is 9.90 Å². The number of benzene rings is 2. The SMILES string of the molecule is Cc1cc(C(=O)N2CCCC2c2ccc(CNC3CCNCC3)cc2)ccc1O. The first-order valence-corrected chi connectivity index (χ1v) is 10.8. The molecule has 154 valence electrons. The molecule has 0 spiro atoms. The molecule has 2 aliphatic rings. The number of piperidine rings is 1. The van der Waals surface area contributed by atoms with Gasteiger partial charge in [0.2, 0.25) is 0 Å². The predicted molar refractivity (Wildman–Crippen MR) is 115 cm³/mol. The van der Waals surface area contributed by atoms with E-state index in [1.165, 1.54) is 24.0 Å². The molecule has 1 unspecified atom stereocenters. The molecular formula is C24H31N3O2. The standard InChI is InChI=1S/C24H31N3O2/c1-17-15-20(8-9-23(17)28)24(29)27-14-2-3-22(27)19-6-4-18(5-7-19)16-26-21-10-12-25-13-11-21/h4-9,15,21-22,25-26,28H,2-3,10-14,16H2,1H3. The van der Waals surface area contributed by atoms with Crippen molar-refractivity contribution in [2.24, 2.45) is 0 Å². The number of phenols is 1. The van der Waals surface area contributed by atoms with E-state index in [2.05, 4.69) is 34.9 Å². The summed E-state index contributed by atoms with van der Waals surface area (Å²) in [6.45, 7) is 5.70. The monoisotopic (exact) mass is 393 g/mol. The number of rotatable bonds is 5. The van der Waals surface area contributed by atoms with Crippen LogP contribution in [0.4, 0.5) is 0 Å². The maximum atomic E-state index is 13.1. The van der Waals surface area contributed by atoms with Crippen LogP contribution in [0.2, 0.25) is 0 Å². The average molecular weight is 394 g/mol. The Bertz CT molecular complexity index is 844. The van der Waals surface area contributed by atoms with Crippen molar-refractivity contribution in [3.63, 3.8) is 0 Å². The Kier molecular flexibility index (Phi) is 6.16. The van der Waals surface area contributed by atoms with Crippen molar-refractivity contribution in [1.82, 2.24) is 15.5 Å². The number of carbonyl (C=O) groups excluding carboxylic acids is 1. The first kappa shape index (κ1) is 19.9. The van der Waals surface area contributed by atoms with E-state index in [1.807, 2.05) is 11.8 Å². The van der Waals surface area contributed by atoms with Crippen molar-refractivity contribution in [2.45, 2.75) is 51.2 Å². The molecule has 2 saturated heterocycles. The Morgan fingerprint density at radius 1 is 1.14 bits per heavy atom. The summed E-state index contributed by atoms with van der Waals surface area (Å²) in [5.41, 5.74) is 3.88. The van der Waals surface area contributed by atoms with Crippen molar-refractivity contribution in [1.29, 1.82) is 0 Å². The van der Waals surface area contributed by atoms with Crippen LogP contribution >= 0.6 is 0 Å². The van der Waals surface area contributed by atoms with Gasteiger partial charge in [0, 0.05) is 24.7 Å². The third kappa shape index (κ3) is 4.62. The molecule has 1 atom stereocenters. The van der Waals surface area contributed by atoms with E-state index in [0.717, 1.165) is 44.6 Å². The highest BCUT2D eigenvalue weighted by Gasteiger charge is 2.30. The van der Waals surface area contributed by atoms with Crippen LogP contribution in [0.5, 0.6) is 5.75 Å². The summed E-state index contributed by atoms with van der Waals surface area (Å²) in [5.74, 6) is 0.278. The second-order valence-electron chi connectivity index (χ2n) is 8.30. The number of carbonyl (C=O) groups is 1. The summed E-state index contributed by atoms with van der Waals surface area (Å²) in [4.78, 5) is 15.0. The molecule has 3 N–H and O–H groups in total. The van der Waals surface area contributed by atoms with E-state index in [4.69, 9.17) is 0 Å². The van der Waals surface area contributed by atoms with Gasteiger partial charge in [0.25, 0.3) is 5.91 Å². The Labute approximate surface area is 173 Å². The van der Waals surface area contributed by atoms with Crippen molar-refractivity contribution in [3.05, 3.63) is 64.7 Å². The third-order valence-electron chi connectivity index (χ3n) is 6.26. The fraction of sp³-hybridized carbons (Fsp3) is 0.458. The van der Waals surface area contributed by atoms with Crippen molar-refractivity contribution < 1.29 is 9.90 Å². The number of likely N-dealkylation sites (tertiary alicyclic amines) is 1. The van der Waals surface area contributed by atoms with Gasteiger partial charge in [-0.15, -0.1) is 0 Å². The first-order valence-electron chi connectivity index (χ1n) is 10.8. The number of nitrogens with zero attached hydrogens (tertiary/aromatic N) is 1. The van der Waals surface area contributed by atoms with Gasteiger partial charge in [-0.1, -0.05) is 24.3 Å². The fourth-order valence-corrected chi connectivity index (χ4v) is 4.46. The zero-order valence-electron chi connectivity index (χ0n) is 17.2. The van der Waals surface area contributed by atoms with Gasteiger partial charge in [-0.25, -0.2) is 0 Å². The lowest BCUT2D eigenvalue weighted by atomic mass is 10.0. The molecule has 4 rings (SSSR count). The summed E-state index contributed by atoms with van der Waals surface area (Å²) >= 11 is 0. The zero-order chi connectivity index (χ0) is 20.2. The second-order valence-corrected chi connectivity index (χ2v) is 8.30. The summed E-state index contributed by atoms with van der Waals surface area (Å²) in [6, 6.07) is 14.6. The molecule has 5 nitrogen and oxygen atoms in total. The number of aromatic hydroxyl groups is 1. The summed E-state index contributed by atoms with van der Waals surface area (Å²) in [7, 11) is 0. The van der Waals surface area contributed by atoms with Crippen LogP contribution in [-0.2, 0) is 6.54 Å². The van der Waals surface area contributed by atoms with Crippen molar-refractivity contribution >= 4 is 5.91 Å². The summed E-state index contributed by atoms with van der Waals surface area (Å²) in [5, 5.41) is 16.8. The fourth-order valence-electron chi connectivity index (χ4n) is 4.46. The van der Waals surface area contributed by atoms with Crippen LogP contribution in [0, 0.1) is 6.92 Å². The highest BCUT2D eigenvalue weighted by molar-refractivity contribution is 5.95. The number of hydrogen-bond donors (Lipinski definition) is 3. The molecule has 1 amide bonds. The molecule has 0 aromatic heterocycles. The largest absolute Gasteiger partial charge is 0.508 e.